The molecule has 0 fully saturated rings. The second kappa shape index (κ2) is 7.21. The second-order valence-electron chi connectivity index (χ2n) is 6.83. The number of anilines is 1. The molecule has 0 aliphatic rings. The van der Waals surface area contributed by atoms with Gasteiger partial charge in [-0.15, -0.1) is 10.2 Å². The zero-order chi connectivity index (χ0) is 20.6. The first kappa shape index (κ1) is 18.9. The van der Waals surface area contributed by atoms with Gasteiger partial charge >= 0.3 is 0 Å². The standard InChI is InChI=1S/C19H20N6O3S/c1-13(19-22-21-17-8-3-4-10-25(17)19)20-18(26)12-24-11-9-14-15(23-29(2,27)28)6-5-7-16(14)24/h3-11,13,23H,12H2,1-2H3,(H,20,26)/t13-/m0/s1. The first-order valence-electron chi connectivity index (χ1n) is 8.96. The molecule has 2 N–H and O–H groups in total. The topological polar surface area (TPSA) is 110 Å². The molecule has 0 saturated carbocycles. The van der Waals surface area contributed by atoms with Gasteiger partial charge in [0.2, 0.25) is 15.9 Å². The molecule has 4 aromatic rings. The van der Waals surface area contributed by atoms with Crippen molar-refractivity contribution in [2.75, 3.05) is 11.0 Å². The minimum atomic E-state index is -3.40. The number of nitrogens with one attached hydrogen (secondary N) is 2. The van der Waals surface area contributed by atoms with E-state index >= 15 is 0 Å². The lowest BCUT2D eigenvalue weighted by Crippen LogP contribution is -2.31. The van der Waals surface area contributed by atoms with E-state index in [1.807, 2.05) is 41.8 Å². The lowest BCUT2D eigenvalue weighted by Gasteiger charge is -2.13. The van der Waals surface area contributed by atoms with Gasteiger partial charge in [0.1, 0.15) is 6.54 Å². The number of carbonyl (C=O) groups is 1. The van der Waals surface area contributed by atoms with Crippen LogP contribution in [0.15, 0.2) is 54.9 Å². The third kappa shape index (κ3) is 3.92. The summed E-state index contributed by atoms with van der Waals surface area (Å²) in [6.07, 6.45) is 4.71. The maximum absolute atomic E-state index is 12.6. The number of hydrogen-bond acceptors (Lipinski definition) is 5. The van der Waals surface area contributed by atoms with Crippen LogP contribution in [0.1, 0.15) is 18.8 Å². The van der Waals surface area contributed by atoms with Gasteiger partial charge in [0.15, 0.2) is 11.5 Å². The van der Waals surface area contributed by atoms with E-state index in [1.54, 1.807) is 29.0 Å². The number of fused-ring (bicyclic) bond motifs is 2. The van der Waals surface area contributed by atoms with Crippen molar-refractivity contribution in [3.8, 4) is 0 Å². The summed E-state index contributed by atoms with van der Waals surface area (Å²) < 4.78 is 29.2. The number of amides is 1. The fourth-order valence-electron chi connectivity index (χ4n) is 3.31. The highest BCUT2D eigenvalue weighted by molar-refractivity contribution is 7.92. The van der Waals surface area contributed by atoms with E-state index < -0.39 is 10.0 Å². The van der Waals surface area contributed by atoms with E-state index in [4.69, 9.17) is 0 Å². The molecule has 0 aliphatic heterocycles. The van der Waals surface area contributed by atoms with Crippen LogP contribution in [-0.4, -0.2) is 39.7 Å². The molecule has 10 heteroatoms. The van der Waals surface area contributed by atoms with Crippen LogP contribution in [0.2, 0.25) is 0 Å². The van der Waals surface area contributed by atoms with Crippen molar-refractivity contribution in [1.29, 1.82) is 0 Å². The molecule has 0 saturated heterocycles. The normalized spacial score (nSPS) is 12.9. The average molecular weight is 412 g/mol. The Morgan fingerprint density at radius 2 is 1.93 bits per heavy atom. The highest BCUT2D eigenvalue weighted by Crippen LogP contribution is 2.25. The minimum Gasteiger partial charge on any atom is -0.345 e. The number of nitrogens with zero attached hydrogens (tertiary/aromatic N) is 4. The molecule has 0 aliphatic carbocycles. The first-order chi connectivity index (χ1) is 13.8. The first-order valence-corrected chi connectivity index (χ1v) is 10.9. The Morgan fingerprint density at radius 1 is 1.10 bits per heavy atom. The number of pyridine rings is 1. The third-order valence-corrected chi connectivity index (χ3v) is 5.12. The van der Waals surface area contributed by atoms with Crippen LogP contribution in [0.5, 0.6) is 0 Å². The fourth-order valence-corrected chi connectivity index (χ4v) is 3.89. The molecule has 1 aromatic carbocycles. The van der Waals surface area contributed by atoms with E-state index in [-0.39, 0.29) is 18.5 Å². The summed E-state index contributed by atoms with van der Waals surface area (Å²) in [5, 5.41) is 11.9. The number of aromatic nitrogens is 4. The lowest BCUT2D eigenvalue weighted by atomic mass is 10.2. The molecule has 3 heterocycles. The number of benzene rings is 1. The van der Waals surface area contributed by atoms with Gasteiger partial charge in [-0.3, -0.25) is 13.9 Å². The van der Waals surface area contributed by atoms with Gasteiger partial charge in [-0.1, -0.05) is 12.1 Å². The van der Waals surface area contributed by atoms with Crippen LogP contribution in [0.4, 0.5) is 5.69 Å². The summed E-state index contributed by atoms with van der Waals surface area (Å²) in [4.78, 5) is 12.6. The van der Waals surface area contributed by atoms with Gasteiger partial charge in [0, 0.05) is 17.8 Å². The van der Waals surface area contributed by atoms with E-state index in [2.05, 4.69) is 20.2 Å². The summed E-state index contributed by atoms with van der Waals surface area (Å²) in [5.41, 5.74) is 1.95. The van der Waals surface area contributed by atoms with Crippen molar-refractivity contribution in [3.63, 3.8) is 0 Å². The van der Waals surface area contributed by atoms with Gasteiger partial charge in [0.05, 0.1) is 23.5 Å². The molecule has 9 nitrogen and oxygen atoms in total. The van der Waals surface area contributed by atoms with Crippen LogP contribution >= 0.6 is 0 Å². The number of carbonyl (C=O) groups excluding carboxylic acids is 1. The largest absolute Gasteiger partial charge is 0.345 e. The van der Waals surface area contributed by atoms with E-state index in [1.165, 1.54) is 0 Å². The van der Waals surface area contributed by atoms with Crippen LogP contribution in [0, 0.1) is 0 Å². The summed E-state index contributed by atoms with van der Waals surface area (Å²) in [5.74, 6) is 0.454. The van der Waals surface area contributed by atoms with Crippen molar-refractivity contribution in [1.82, 2.24) is 24.5 Å². The molecule has 1 amide bonds. The molecular formula is C19H20N6O3S. The third-order valence-electron chi connectivity index (χ3n) is 4.53. The van der Waals surface area contributed by atoms with Crippen LogP contribution < -0.4 is 10.0 Å². The van der Waals surface area contributed by atoms with E-state index in [0.29, 0.717) is 17.2 Å². The number of sulfonamides is 1. The Kier molecular flexibility index (Phi) is 4.71. The highest BCUT2D eigenvalue weighted by atomic mass is 32.2. The zero-order valence-corrected chi connectivity index (χ0v) is 16.7. The molecule has 4 rings (SSSR count). The minimum absolute atomic E-state index is 0.0902. The van der Waals surface area contributed by atoms with Crippen molar-refractivity contribution >= 4 is 38.2 Å². The summed E-state index contributed by atoms with van der Waals surface area (Å²) >= 11 is 0. The maximum Gasteiger partial charge on any atom is 0.240 e. The smallest absolute Gasteiger partial charge is 0.240 e. The van der Waals surface area contributed by atoms with E-state index in [9.17, 15) is 13.2 Å². The van der Waals surface area contributed by atoms with Crippen molar-refractivity contribution in [2.24, 2.45) is 0 Å². The average Bonchev–Trinajstić information content (AvgIpc) is 3.25. The molecule has 0 unspecified atom stereocenters. The Labute approximate surface area is 167 Å². The SMILES string of the molecule is C[C@H](NC(=O)Cn1ccc2c(NS(C)(=O)=O)cccc21)c1nnc2ccccn12. The Hall–Kier alpha value is -3.40. The summed E-state index contributed by atoms with van der Waals surface area (Å²) in [6.45, 7) is 1.94. The van der Waals surface area contributed by atoms with Crippen LogP contribution in [0.3, 0.4) is 0 Å². The van der Waals surface area contributed by atoms with Gasteiger partial charge < -0.3 is 9.88 Å². The fraction of sp³-hybridized carbons (Fsp3) is 0.211. The number of hydrogen-bond donors (Lipinski definition) is 2. The van der Waals surface area contributed by atoms with Crippen LogP contribution in [-0.2, 0) is 21.4 Å². The Morgan fingerprint density at radius 3 is 2.72 bits per heavy atom. The van der Waals surface area contributed by atoms with Crippen molar-refractivity contribution in [3.05, 3.63) is 60.7 Å². The number of rotatable bonds is 6. The molecule has 29 heavy (non-hydrogen) atoms. The van der Waals surface area contributed by atoms with Gasteiger partial charge in [-0.2, -0.15) is 0 Å². The molecule has 3 aromatic heterocycles. The Bertz CT molecular complexity index is 1310. The highest BCUT2D eigenvalue weighted by Gasteiger charge is 2.17. The molecule has 0 spiro atoms. The molecule has 150 valence electrons. The van der Waals surface area contributed by atoms with Gasteiger partial charge in [-0.05, 0) is 37.3 Å². The van der Waals surface area contributed by atoms with Gasteiger partial charge in [-0.25, -0.2) is 8.42 Å². The van der Waals surface area contributed by atoms with E-state index in [0.717, 1.165) is 17.2 Å². The van der Waals surface area contributed by atoms with Gasteiger partial charge in [0.25, 0.3) is 0 Å². The predicted molar refractivity (Wildman–Crippen MR) is 110 cm³/mol. The molecule has 1 atom stereocenters. The van der Waals surface area contributed by atoms with Crippen molar-refractivity contribution in [2.45, 2.75) is 19.5 Å². The maximum atomic E-state index is 12.6. The monoisotopic (exact) mass is 412 g/mol. The quantitative estimate of drug-likeness (QED) is 0.503. The Balaban J connectivity index is 1.53. The summed E-state index contributed by atoms with van der Waals surface area (Å²) in [6, 6.07) is 12.3. The summed E-state index contributed by atoms with van der Waals surface area (Å²) in [7, 11) is -3.40. The lowest BCUT2D eigenvalue weighted by molar-refractivity contribution is -0.122. The molecular weight excluding hydrogens is 392 g/mol. The predicted octanol–water partition coefficient (Wildman–Crippen LogP) is 1.93. The molecule has 0 bridgehead atoms. The molecule has 0 radical (unpaired) electrons. The zero-order valence-electron chi connectivity index (χ0n) is 15.9. The van der Waals surface area contributed by atoms with Crippen molar-refractivity contribution < 1.29 is 13.2 Å². The van der Waals surface area contributed by atoms with Crippen LogP contribution in [0.25, 0.3) is 16.6 Å². The second-order valence-corrected chi connectivity index (χ2v) is 8.58.